The van der Waals surface area contributed by atoms with Crippen molar-refractivity contribution < 1.29 is 19.4 Å². The predicted molar refractivity (Wildman–Crippen MR) is 116 cm³/mol. The molecule has 1 fully saturated rings. The van der Waals surface area contributed by atoms with Gasteiger partial charge in [-0.3, -0.25) is 4.79 Å². The minimum absolute atomic E-state index is 0.0238. The lowest BCUT2D eigenvalue weighted by Gasteiger charge is -2.13. The second kappa shape index (κ2) is 10.1. The Hall–Kier alpha value is -3.11. The third-order valence-electron chi connectivity index (χ3n) is 4.92. The molecule has 2 aromatic carbocycles. The number of aromatic carboxylic acids is 1. The molecule has 2 N–H and O–H groups in total. The number of carbonyl (C=O) groups excluding carboxylic acids is 1. The average Bonchev–Trinajstić information content (AvgIpc) is 3.24. The van der Waals surface area contributed by atoms with Crippen LogP contribution in [0.25, 0.3) is 6.08 Å². The highest BCUT2D eigenvalue weighted by atomic mass is 79.9. The number of carboxylic acids is 1. The van der Waals surface area contributed by atoms with Gasteiger partial charge in [-0.05, 0) is 54.8 Å². The lowest BCUT2D eigenvalue weighted by atomic mass is 10.1. The third-order valence-corrected chi connectivity index (χ3v) is 5.42. The van der Waals surface area contributed by atoms with E-state index in [1.807, 2.05) is 12.1 Å². The Balaban J connectivity index is 1.76. The van der Waals surface area contributed by atoms with E-state index in [0.717, 1.165) is 35.7 Å². The minimum Gasteiger partial charge on any atom is -0.488 e. The van der Waals surface area contributed by atoms with E-state index in [2.05, 4.69) is 21.2 Å². The molecule has 1 aliphatic carbocycles. The summed E-state index contributed by atoms with van der Waals surface area (Å²) in [6.45, 7) is 0.221. The monoisotopic (exact) mass is 468 g/mol. The number of rotatable bonds is 7. The van der Waals surface area contributed by atoms with Gasteiger partial charge in [0, 0.05) is 16.1 Å². The standard InChI is InChI=1S/C23H21BrN2O4/c24-19-9-10-21(30-14-15-5-7-16(8-6-15)23(28)29)17(12-19)11-18(13-25)22(27)26-20-3-1-2-4-20/h5-12,20H,1-4,14H2,(H,26,27)(H,28,29)/b18-11-. The molecule has 0 unspecified atom stereocenters. The summed E-state index contributed by atoms with van der Waals surface area (Å²) in [6, 6.07) is 13.9. The van der Waals surface area contributed by atoms with Gasteiger partial charge in [0.1, 0.15) is 24.0 Å². The number of nitrogens with one attached hydrogen (secondary N) is 1. The molecule has 0 saturated heterocycles. The average molecular weight is 469 g/mol. The van der Waals surface area contributed by atoms with Crippen LogP contribution >= 0.6 is 15.9 Å². The highest BCUT2D eigenvalue weighted by Crippen LogP contribution is 2.27. The normalized spacial score (nSPS) is 14.2. The smallest absolute Gasteiger partial charge is 0.335 e. The summed E-state index contributed by atoms with van der Waals surface area (Å²) >= 11 is 3.41. The first-order chi connectivity index (χ1) is 14.5. The highest BCUT2D eigenvalue weighted by Gasteiger charge is 2.19. The van der Waals surface area contributed by atoms with Gasteiger partial charge in [0.2, 0.25) is 0 Å². The second-order valence-electron chi connectivity index (χ2n) is 7.10. The fraction of sp³-hybridized carbons (Fsp3) is 0.261. The van der Waals surface area contributed by atoms with Crippen molar-refractivity contribution in [1.29, 1.82) is 5.26 Å². The SMILES string of the molecule is N#C/C(=C/c1cc(Br)ccc1OCc1ccc(C(=O)O)cc1)C(=O)NC1CCCC1. The molecule has 0 atom stereocenters. The van der Waals surface area contributed by atoms with E-state index in [1.54, 1.807) is 24.3 Å². The van der Waals surface area contributed by atoms with Gasteiger partial charge in [-0.15, -0.1) is 0 Å². The van der Waals surface area contributed by atoms with Gasteiger partial charge in [-0.1, -0.05) is 40.9 Å². The van der Waals surface area contributed by atoms with Crippen molar-refractivity contribution in [3.05, 3.63) is 69.2 Å². The van der Waals surface area contributed by atoms with Crippen LogP contribution in [0.1, 0.15) is 47.2 Å². The Labute approximate surface area is 183 Å². The lowest BCUT2D eigenvalue weighted by molar-refractivity contribution is -0.117. The molecule has 1 aliphatic rings. The molecule has 0 spiro atoms. The number of nitriles is 1. The number of ether oxygens (including phenoxy) is 1. The van der Waals surface area contributed by atoms with Crippen LogP contribution in [-0.2, 0) is 11.4 Å². The highest BCUT2D eigenvalue weighted by molar-refractivity contribution is 9.10. The molecule has 0 heterocycles. The minimum atomic E-state index is -0.984. The maximum atomic E-state index is 12.5. The van der Waals surface area contributed by atoms with E-state index in [1.165, 1.54) is 18.2 Å². The molecule has 0 radical (unpaired) electrons. The van der Waals surface area contributed by atoms with Crippen molar-refractivity contribution in [3.63, 3.8) is 0 Å². The molecular formula is C23H21BrN2O4. The fourth-order valence-corrected chi connectivity index (χ4v) is 3.68. The molecule has 6 nitrogen and oxygen atoms in total. The molecule has 1 amide bonds. The van der Waals surface area contributed by atoms with Crippen LogP contribution in [0.4, 0.5) is 0 Å². The summed E-state index contributed by atoms with van der Waals surface area (Å²) in [5.41, 5.74) is 1.63. The van der Waals surface area contributed by atoms with Gasteiger partial charge in [0.05, 0.1) is 5.56 Å². The van der Waals surface area contributed by atoms with Crippen LogP contribution in [0.5, 0.6) is 5.75 Å². The Morgan fingerprint density at radius 3 is 2.53 bits per heavy atom. The topological polar surface area (TPSA) is 99.4 Å². The maximum absolute atomic E-state index is 12.5. The third kappa shape index (κ3) is 5.71. The van der Waals surface area contributed by atoms with Gasteiger partial charge in [-0.2, -0.15) is 5.26 Å². The van der Waals surface area contributed by atoms with Gasteiger partial charge >= 0.3 is 5.97 Å². The van der Waals surface area contributed by atoms with Crippen LogP contribution < -0.4 is 10.1 Å². The number of hydrogen-bond donors (Lipinski definition) is 2. The van der Waals surface area contributed by atoms with E-state index < -0.39 is 5.97 Å². The fourth-order valence-electron chi connectivity index (χ4n) is 3.31. The number of halogens is 1. The Morgan fingerprint density at radius 1 is 1.20 bits per heavy atom. The molecule has 30 heavy (non-hydrogen) atoms. The van der Waals surface area contributed by atoms with Crippen LogP contribution in [0, 0.1) is 11.3 Å². The summed E-state index contributed by atoms with van der Waals surface area (Å²) in [6.07, 6.45) is 5.59. The summed E-state index contributed by atoms with van der Waals surface area (Å²) in [4.78, 5) is 23.5. The van der Waals surface area contributed by atoms with Gasteiger partial charge in [0.25, 0.3) is 5.91 Å². The molecule has 154 valence electrons. The van der Waals surface area contributed by atoms with Crippen molar-refractivity contribution in [2.75, 3.05) is 0 Å². The van der Waals surface area contributed by atoms with E-state index in [4.69, 9.17) is 9.84 Å². The summed E-state index contributed by atoms with van der Waals surface area (Å²) in [5, 5.41) is 21.4. The van der Waals surface area contributed by atoms with Crippen molar-refractivity contribution in [2.45, 2.75) is 38.3 Å². The van der Waals surface area contributed by atoms with Crippen LogP contribution in [0.15, 0.2) is 52.5 Å². The molecule has 0 aliphatic heterocycles. The second-order valence-corrected chi connectivity index (χ2v) is 8.01. The van der Waals surface area contributed by atoms with Crippen LogP contribution in [-0.4, -0.2) is 23.0 Å². The summed E-state index contributed by atoms with van der Waals surface area (Å²) in [5.74, 6) is -0.843. The molecule has 7 heteroatoms. The maximum Gasteiger partial charge on any atom is 0.335 e. The Bertz CT molecular complexity index is 1000. The zero-order valence-electron chi connectivity index (χ0n) is 16.2. The van der Waals surface area contributed by atoms with Crippen molar-refractivity contribution in [2.24, 2.45) is 0 Å². The van der Waals surface area contributed by atoms with Gasteiger partial charge < -0.3 is 15.2 Å². The van der Waals surface area contributed by atoms with E-state index in [-0.39, 0.29) is 29.7 Å². The largest absolute Gasteiger partial charge is 0.488 e. The van der Waals surface area contributed by atoms with E-state index in [0.29, 0.717) is 11.3 Å². The first-order valence-corrected chi connectivity index (χ1v) is 10.4. The predicted octanol–water partition coefficient (Wildman–Crippen LogP) is 4.69. The van der Waals surface area contributed by atoms with Gasteiger partial charge in [-0.25, -0.2) is 4.79 Å². The molecular weight excluding hydrogens is 448 g/mol. The number of amides is 1. The zero-order valence-corrected chi connectivity index (χ0v) is 17.8. The summed E-state index contributed by atoms with van der Waals surface area (Å²) in [7, 11) is 0. The van der Waals surface area contributed by atoms with E-state index >= 15 is 0 Å². The van der Waals surface area contributed by atoms with Crippen LogP contribution in [0.3, 0.4) is 0 Å². The number of hydrogen-bond acceptors (Lipinski definition) is 4. The quantitative estimate of drug-likeness (QED) is 0.453. The number of nitrogens with zero attached hydrogens (tertiary/aromatic N) is 1. The lowest BCUT2D eigenvalue weighted by Crippen LogP contribution is -2.33. The number of benzene rings is 2. The Kier molecular flexibility index (Phi) is 7.26. The first-order valence-electron chi connectivity index (χ1n) is 9.63. The summed E-state index contributed by atoms with van der Waals surface area (Å²) < 4.78 is 6.68. The first kappa shape index (κ1) is 21.6. The van der Waals surface area contributed by atoms with Crippen molar-refractivity contribution >= 4 is 33.9 Å². The molecule has 0 bridgehead atoms. The number of carboxylic acid groups (broad SMARTS) is 1. The van der Waals surface area contributed by atoms with E-state index in [9.17, 15) is 14.9 Å². The van der Waals surface area contributed by atoms with Crippen molar-refractivity contribution in [1.82, 2.24) is 5.32 Å². The molecule has 0 aromatic heterocycles. The number of carbonyl (C=O) groups is 2. The Morgan fingerprint density at radius 2 is 1.90 bits per heavy atom. The molecule has 3 rings (SSSR count). The zero-order chi connectivity index (χ0) is 21.5. The van der Waals surface area contributed by atoms with Gasteiger partial charge in [0.15, 0.2) is 0 Å². The van der Waals surface area contributed by atoms with Crippen molar-refractivity contribution in [3.8, 4) is 11.8 Å². The van der Waals surface area contributed by atoms with Crippen LogP contribution in [0.2, 0.25) is 0 Å². The molecule has 2 aromatic rings. The molecule has 1 saturated carbocycles.